The number of nitrogens with zero attached hydrogens (tertiary/aromatic N) is 1. The Morgan fingerprint density at radius 2 is 2.05 bits per heavy atom. The molecule has 1 unspecified atom stereocenters. The van der Waals surface area contributed by atoms with E-state index in [1.54, 1.807) is 23.3 Å². The van der Waals surface area contributed by atoms with Crippen LogP contribution in [0, 0.1) is 5.92 Å². The van der Waals surface area contributed by atoms with Crippen LogP contribution in [-0.2, 0) is 16.1 Å². The molecule has 108 valence electrons. The third-order valence-electron chi connectivity index (χ3n) is 3.58. The van der Waals surface area contributed by atoms with Crippen molar-refractivity contribution in [2.24, 2.45) is 5.92 Å². The van der Waals surface area contributed by atoms with Crippen LogP contribution >= 0.6 is 0 Å². The predicted octanol–water partition coefficient (Wildman–Crippen LogP) is 1.95. The number of hydrogen-bond acceptors (Lipinski definition) is 3. The summed E-state index contributed by atoms with van der Waals surface area (Å²) in [5, 5.41) is 2.81. The quantitative estimate of drug-likeness (QED) is 0.933. The first kappa shape index (κ1) is 13.4. The number of amides is 2. The number of anilines is 1. The Bertz CT molecular complexity index is 622. The molecule has 1 atom stereocenters. The van der Waals surface area contributed by atoms with Crippen LogP contribution in [0.3, 0.4) is 0 Å². The number of benzene rings is 1. The minimum absolute atomic E-state index is 0.0145. The van der Waals surface area contributed by atoms with Crippen molar-refractivity contribution in [2.45, 2.75) is 13.0 Å². The number of carbonyl (C=O) groups excluding carboxylic acids is 2. The van der Waals surface area contributed by atoms with Gasteiger partial charge in [0.15, 0.2) is 0 Å². The van der Waals surface area contributed by atoms with E-state index < -0.39 is 0 Å². The molecule has 1 aliphatic heterocycles. The number of furan rings is 1. The molecule has 0 spiro atoms. The summed E-state index contributed by atoms with van der Waals surface area (Å²) >= 11 is 0. The van der Waals surface area contributed by atoms with Gasteiger partial charge in [0.05, 0.1) is 18.7 Å². The zero-order valence-corrected chi connectivity index (χ0v) is 11.5. The molecule has 1 saturated heterocycles. The maximum absolute atomic E-state index is 12.1. The van der Waals surface area contributed by atoms with E-state index in [4.69, 9.17) is 4.42 Å². The van der Waals surface area contributed by atoms with Crippen LogP contribution in [0.4, 0.5) is 5.69 Å². The molecule has 21 heavy (non-hydrogen) atoms. The first-order valence-corrected chi connectivity index (χ1v) is 6.89. The fourth-order valence-corrected chi connectivity index (χ4v) is 2.47. The minimum atomic E-state index is -0.312. The number of carbonyl (C=O) groups is 2. The summed E-state index contributed by atoms with van der Waals surface area (Å²) < 4.78 is 5.17. The van der Waals surface area contributed by atoms with Crippen LogP contribution in [0.1, 0.15) is 12.2 Å². The zero-order valence-electron chi connectivity index (χ0n) is 11.5. The van der Waals surface area contributed by atoms with Gasteiger partial charge in [-0.05, 0) is 24.3 Å². The molecule has 1 aromatic carbocycles. The summed E-state index contributed by atoms with van der Waals surface area (Å²) in [4.78, 5) is 25.8. The highest BCUT2D eigenvalue weighted by atomic mass is 16.3. The third-order valence-corrected chi connectivity index (χ3v) is 3.58. The van der Waals surface area contributed by atoms with E-state index in [1.807, 2.05) is 30.3 Å². The summed E-state index contributed by atoms with van der Waals surface area (Å²) in [6.45, 7) is 0.773. The van der Waals surface area contributed by atoms with E-state index >= 15 is 0 Å². The van der Waals surface area contributed by atoms with Crippen molar-refractivity contribution in [3.05, 3.63) is 54.5 Å². The van der Waals surface area contributed by atoms with Crippen LogP contribution in [0.15, 0.2) is 53.1 Å². The molecule has 5 nitrogen and oxygen atoms in total. The highest BCUT2D eigenvalue weighted by molar-refractivity contribution is 6.00. The Labute approximate surface area is 122 Å². The molecule has 0 radical (unpaired) electrons. The number of hydrogen-bond donors (Lipinski definition) is 1. The van der Waals surface area contributed by atoms with Gasteiger partial charge in [0.2, 0.25) is 11.8 Å². The van der Waals surface area contributed by atoms with Gasteiger partial charge in [-0.1, -0.05) is 18.2 Å². The maximum Gasteiger partial charge on any atom is 0.227 e. The largest absolute Gasteiger partial charge is 0.467 e. The van der Waals surface area contributed by atoms with Gasteiger partial charge in [0.25, 0.3) is 0 Å². The van der Waals surface area contributed by atoms with E-state index in [1.165, 1.54) is 0 Å². The zero-order chi connectivity index (χ0) is 14.7. The lowest BCUT2D eigenvalue weighted by Gasteiger charge is -2.16. The van der Waals surface area contributed by atoms with Gasteiger partial charge in [-0.3, -0.25) is 9.59 Å². The van der Waals surface area contributed by atoms with Crippen molar-refractivity contribution in [2.75, 3.05) is 11.4 Å². The minimum Gasteiger partial charge on any atom is -0.467 e. The van der Waals surface area contributed by atoms with Gasteiger partial charge in [0, 0.05) is 18.7 Å². The summed E-state index contributed by atoms with van der Waals surface area (Å²) in [7, 11) is 0. The van der Waals surface area contributed by atoms with E-state index in [9.17, 15) is 9.59 Å². The topological polar surface area (TPSA) is 62.6 Å². The number of para-hydroxylation sites is 1. The molecule has 5 heteroatoms. The highest BCUT2D eigenvalue weighted by Gasteiger charge is 2.34. The molecule has 0 aliphatic carbocycles. The predicted molar refractivity (Wildman–Crippen MR) is 77.5 cm³/mol. The summed E-state index contributed by atoms with van der Waals surface area (Å²) in [5.41, 5.74) is 0.837. The van der Waals surface area contributed by atoms with Crippen molar-refractivity contribution in [1.82, 2.24) is 5.32 Å². The van der Waals surface area contributed by atoms with Crippen LogP contribution in [0.5, 0.6) is 0 Å². The smallest absolute Gasteiger partial charge is 0.227 e. The monoisotopic (exact) mass is 284 g/mol. The lowest BCUT2D eigenvalue weighted by molar-refractivity contribution is -0.126. The van der Waals surface area contributed by atoms with E-state index in [0.29, 0.717) is 18.8 Å². The highest BCUT2D eigenvalue weighted by Crippen LogP contribution is 2.24. The number of rotatable bonds is 4. The molecule has 1 fully saturated rings. The van der Waals surface area contributed by atoms with E-state index in [0.717, 1.165) is 5.69 Å². The molecule has 1 N–H and O–H groups in total. The second-order valence-corrected chi connectivity index (χ2v) is 5.04. The Morgan fingerprint density at radius 1 is 1.24 bits per heavy atom. The number of nitrogens with one attached hydrogen (secondary N) is 1. The molecular weight excluding hydrogens is 268 g/mol. The molecule has 0 bridgehead atoms. The molecule has 1 aromatic heterocycles. The second kappa shape index (κ2) is 5.83. The van der Waals surface area contributed by atoms with Gasteiger partial charge in [-0.2, -0.15) is 0 Å². The van der Waals surface area contributed by atoms with Crippen molar-refractivity contribution in [3.63, 3.8) is 0 Å². The fourth-order valence-electron chi connectivity index (χ4n) is 2.47. The SMILES string of the molecule is O=C(NCc1ccco1)C1CC(=O)N(c2ccccc2)C1. The fraction of sp³-hybridized carbons (Fsp3) is 0.250. The van der Waals surface area contributed by atoms with Crippen LogP contribution in [0.25, 0.3) is 0 Å². The first-order valence-electron chi connectivity index (χ1n) is 6.89. The summed E-state index contributed by atoms with van der Waals surface area (Å²) in [5.74, 6) is 0.262. The average Bonchev–Trinajstić information content (AvgIpc) is 3.15. The Hall–Kier alpha value is -2.56. The van der Waals surface area contributed by atoms with Gasteiger partial charge in [0.1, 0.15) is 5.76 Å². The average molecular weight is 284 g/mol. The van der Waals surface area contributed by atoms with Crippen LogP contribution in [0.2, 0.25) is 0 Å². The Morgan fingerprint density at radius 3 is 2.76 bits per heavy atom. The standard InChI is InChI=1S/C16H16N2O3/c19-15-9-12(11-18(15)13-5-2-1-3-6-13)16(20)17-10-14-7-4-8-21-14/h1-8,12H,9-11H2,(H,17,20). The summed E-state index contributed by atoms with van der Waals surface area (Å²) in [6.07, 6.45) is 1.82. The normalized spacial score (nSPS) is 18.0. The second-order valence-electron chi connectivity index (χ2n) is 5.04. The molecule has 3 rings (SSSR count). The van der Waals surface area contributed by atoms with Crippen LogP contribution in [-0.4, -0.2) is 18.4 Å². The lowest BCUT2D eigenvalue weighted by atomic mass is 10.1. The summed E-state index contributed by atoms with van der Waals surface area (Å²) in [6, 6.07) is 13.0. The van der Waals surface area contributed by atoms with E-state index in [-0.39, 0.29) is 24.2 Å². The lowest BCUT2D eigenvalue weighted by Crippen LogP contribution is -2.32. The van der Waals surface area contributed by atoms with Gasteiger partial charge in [-0.15, -0.1) is 0 Å². The third kappa shape index (κ3) is 2.97. The molecule has 2 aromatic rings. The van der Waals surface area contributed by atoms with Crippen molar-refractivity contribution in [1.29, 1.82) is 0 Å². The first-order chi connectivity index (χ1) is 10.2. The van der Waals surface area contributed by atoms with Crippen molar-refractivity contribution < 1.29 is 14.0 Å². The molecule has 0 saturated carbocycles. The van der Waals surface area contributed by atoms with Gasteiger partial charge < -0.3 is 14.6 Å². The van der Waals surface area contributed by atoms with Crippen LogP contribution < -0.4 is 10.2 Å². The molecule has 1 aliphatic rings. The van der Waals surface area contributed by atoms with Crippen molar-refractivity contribution >= 4 is 17.5 Å². The Kier molecular flexibility index (Phi) is 3.73. The molecular formula is C16H16N2O3. The van der Waals surface area contributed by atoms with E-state index in [2.05, 4.69) is 5.32 Å². The van der Waals surface area contributed by atoms with Crippen molar-refractivity contribution in [3.8, 4) is 0 Å². The van der Waals surface area contributed by atoms with Gasteiger partial charge in [-0.25, -0.2) is 0 Å². The molecule has 2 amide bonds. The Balaban J connectivity index is 1.60. The maximum atomic E-state index is 12.1. The van der Waals surface area contributed by atoms with Gasteiger partial charge >= 0.3 is 0 Å². The molecule has 2 heterocycles.